The van der Waals surface area contributed by atoms with E-state index in [1.165, 1.54) is 0 Å². The van der Waals surface area contributed by atoms with Crippen molar-refractivity contribution in [1.82, 2.24) is 9.78 Å². The number of nitrogens with two attached hydrogens (primary N) is 1. The van der Waals surface area contributed by atoms with Crippen LogP contribution in [-0.2, 0) is 11.6 Å². The van der Waals surface area contributed by atoms with Crippen LogP contribution in [0, 0.1) is 6.92 Å². The highest BCUT2D eigenvalue weighted by Gasteiger charge is 2.17. The fraction of sp³-hybridized carbons (Fsp3) is 0.308. The van der Waals surface area contributed by atoms with Crippen molar-refractivity contribution < 1.29 is 4.57 Å². The van der Waals surface area contributed by atoms with E-state index < -0.39 is 7.14 Å². The van der Waals surface area contributed by atoms with Gasteiger partial charge >= 0.3 is 0 Å². The summed E-state index contributed by atoms with van der Waals surface area (Å²) in [4.78, 5) is 0. The maximum Gasteiger partial charge on any atom is 0.111 e. The lowest BCUT2D eigenvalue weighted by atomic mass is 10.1. The molecule has 96 valence electrons. The predicted molar refractivity (Wildman–Crippen MR) is 76.9 cm³/mol. The van der Waals surface area contributed by atoms with Crippen LogP contribution in [0.1, 0.15) is 5.56 Å². The molecule has 0 atom stereocenters. The summed E-state index contributed by atoms with van der Waals surface area (Å²) >= 11 is 0. The largest absolute Gasteiger partial charge is 0.398 e. The maximum absolute atomic E-state index is 12.2. The third-order valence-corrected chi connectivity index (χ3v) is 4.55. The summed E-state index contributed by atoms with van der Waals surface area (Å²) in [5, 5.41) is 4.96. The summed E-state index contributed by atoms with van der Waals surface area (Å²) in [6, 6.07) is 5.68. The van der Waals surface area contributed by atoms with Gasteiger partial charge in [0.25, 0.3) is 0 Å². The molecule has 0 radical (unpaired) electrons. The molecule has 1 heterocycles. The molecule has 0 saturated heterocycles. The summed E-state index contributed by atoms with van der Waals surface area (Å²) in [5.74, 6) is 0. The Morgan fingerprint density at radius 1 is 1.33 bits per heavy atom. The maximum atomic E-state index is 12.2. The first-order valence-corrected chi connectivity index (χ1v) is 8.35. The fourth-order valence-electron chi connectivity index (χ4n) is 2.12. The van der Waals surface area contributed by atoms with Gasteiger partial charge in [-0.1, -0.05) is 6.07 Å². The zero-order valence-corrected chi connectivity index (χ0v) is 12.0. The summed E-state index contributed by atoms with van der Waals surface area (Å²) in [5.41, 5.74) is 9.63. The van der Waals surface area contributed by atoms with E-state index in [4.69, 9.17) is 5.73 Å². The van der Waals surface area contributed by atoms with Crippen molar-refractivity contribution in [1.29, 1.82) is 0 Å². The highest BCUT2D eigenvalue weighted by atomic mass is 31.2. The normalized spacial score (nSPS) is 11.8. The Morgan fingerprint density at radius 2 is 2.00 bits per heavy atom. The SMILES string of the molecule is Cc1cnn(C)c1-c1ccc(N)c(P(C)(C)=O)c1. The van der Waals surface area contributed by atoms with E-state index in [2.05, 4.69) is 5.10 Å². The van der Waals surface area contributed by atoms with Gasteiger partial charge < -0.3 is 10.3 Å². The molecule has 0 bridgehead atoms. The van der Waals surface area contributed by atoms with Gasteiger partial charge in [-0.3, -0.25) is 4.68 Å². The van der Waals surface area contributed by atoms with E-state index in [0.717, 1.165) is 22.1 Å². The molecule has 0 aliphatic carbocycles. The van der Waals surface area contributed by atoms with Crippen LogP contribution in [0.2, 0.25) is 0 Å². The first-order valence-electron chi connectivity index (χ1n) is 5.75. The van der Waals surface area contributed by atoms with E-state index in [9.17, 15) is 4.57 Å². The summed E-state index contributed by atoms with van der Waals surface area (Å²) in [7, 11) is -0.471. The van der Waals surface area contributed by atoms with Crippen LogP contribution in [0.5, 0.6) is 0 Å². The monoisotopic (exact) mass is 263 g/mol. The van der Waals surface area contributed by atoms with Crippen molar-refractivity contribution in [2.45, 2.75) is 6.92 Å². The summed E-state index contributed by atoms with van der Waals surface area (Å²) < 4.78 is 14.0. The number of aryl methyl sites for hydroxylation is 2. The lowest BCUT2D eigenvalue weighted by molar-refractivity contribution is 0.588. The summed E-state index contributed by atoms with van der Waals surface area (Å²) in [6.45, 7) is 5.48. The Morgan fingerprint density at radius 3 is 2.50 bits per heavy atom. The first kappa shape index (κ1) is 12.9. The Kier molecular flexibility index (Phi) is 3.07. The number of hydrogen-bond donors (Lipinski definition) is 1. The molecule has 0 unspecified atom stereocenters. The molecule has 4 nitrogen and oxygen atoms in total. The standard InChI is InChI=1S/C13H18N3OP/c1-9-8-15-16(2)13(9)10-5-6-11(14)12(7-10)18(3,4)17/h5-8H,14H2,1-4H3. The second-order valence-electron chi connectivity index (χ2n) is 4.92. The van der Waals surface area contributed by atoms with Crippen molar-refractivity contribution in [2.24, 2.45) is 7.05 Å². The van der Waals surface area contributed by atoms with Crippen molar-refractivity contribution in [3.05, 3.63) is 30.0 Å². The van der Waals surface area contributed by atoms with E-state index in [-0.39, 0.29) is 0 Å². The van der Waals surface area contributed by atoms with E-state index in [0.29, 0.717) is 5.69 Å². The van der Waals surface area contributed by atoms with Gasteiger partial charge in [0.1, 0.15) is 7.14 Å². The Bertz CT molecular complexity index is 620. The highest BCUT2D eigenvalue weighted by molar-refractivity contribution is 7.70. The number of rotatable bonds is 2. The molecular formula is C13H18N3OP. The second-order valence-corrected chi connectivity index (χ2v) is 8.11. The lowest BCUT2D eigenvalue weighted by Crippen LogP contribution is -2.10. The van der Waals surface area contributed by atoms with Crippen molar-refractivity contribution in [3.8, 4) is 11.3 Å². The van der Waals surface area contributed by atoms with Crippen LogP contribution in [0.15, 0.2) is 24.4 Å². The minimum Gasteiger partial charge on any atom is -0.398 e. The van der Waals surface area contributed by atoms with Gasteiger partial charge in [0.15, 0.2) is 0 Å². The predicted octanol–water partition coefficient (Wildman–Crippen LogP) is 2.23. The van der Waals surface area contributed by atoms with Crippen LogP contribution in [0.3, 0.4) is 0 Å². The van der Waals surface area contributed by atoms with Gasteiger partial charge in [-0.25, -0.2) is 0 Å². The van der Waals surface area contributed by atoms with Gasteiger partial charge in [0, 0.05) is 23.6 Å². The average molecular weight is 263 g/mol. The molecule has 0 saturated carbocycles. The minimum atomic E-state index is -2.37. The molecule has 0 aliphatic heterocycles. The Labute approximate surface area is 107 Å². The Hall–Kier alpha value is -1.54. The molecule has 1 aromatic carbocycles. The zero-order valence-electron chi connectivity index (χ0n) is 11.1. The number of benzene rings is 1. The first-order chi connectivity index (χ1) is 8.30. The number of aromatic nitrogens is 2. The van der Waals surface area contributed by atoms with Crippen LogP contribution in [0.4, 0.5) is 5.69 Å². The molecule has 2 aromatic rings. The fourth-order valence-corrected chi connectivity index (χ4v) is 3.27. The van der Waals surface area contributed by atoms with Crippen LogP contribution in [-0.4, -0.2) is 23.1 Å². The lowest BCUT2D eigenvalue weighted by Gasteiger charge is -2.13. The van der Waals surface area contributed by atoms with Crippen molar-refractivity contribution >= 4 is 18.1 Å². The molecule has 2 rings (SSSR count). The molecule has 18 heavy (non-hydrogen) atoms. The number of hydrogen-bond acceptors (Lipinski definition) is 3. The number of anilines is 1. The molecular weight excluding hydrogens is 245 g/mol. The van der Waals surface area contributed by atoms with E-state index in [1.807, 2.05) is 43.0 Å². The van der Waals surface area contributed by atoms with Crippen LogP contribution < -0.4 is 11.0 Å². The third kappa shape index (κ3) is 2.21. The molecule has 2 N–H and O–H groups in total. The van der Waals surface area contributed by atoms with E-state index >= 15 is 0 Å². The molecule has 5 heteroatoms. The summed E-state index contributed by atoms with van der Waals surface area (Å²) in [6.07, 6.45) is 1.82. The van der Waals surface area contributed by atoms with Gasteiger partial charge in [-0.15, -0.1) is 0 Å². The van der Waals surface area contributed by atoms with Gasteiger partial charge in [0.05, 0.1) is 11.9 Å². The zero-order chi connectivity index (χ0) is 13.5. The van der Waals surface area contributed by atoms with Gasteiger partial charge in [0.2, 0.25) is 0 Å². The van der Waals surface area contributed by atoms with Crippen molar-refractivity contribution in [3.63, 3.8) is 0 Å². The molecule has 0 aliphatic rings. The molecule has 0 fully saturated rings. The van der Waals surface area contributed by atoms with E-state index in [1.54, 1.807) is 13.3 Å². The molecule has 1 aromatic heterocycles. The Balaban J connectivity index is 2.65. The topological polar surface area (TPSA) is 60.9 Å². The highest BCUT2D eigenvalue weighted by Crippen LogP contribution is 2.38. The van der Waals surface area contributed by atoms with Crippen molar-refractivity contribution in [2.75, 3.05) is 19.1 Å². The third-order valence-electron chi connectivity index (χ3n) is 3.01. The number of nitrogen functional groups attached to an aromatic ring is 1. The second kappa shape index (κ2) is 4.29. The molecule has 0 amide bonds. The van der Waals surface area contributed by atoms with Crippen LogP contribution in [0.25, 0.3) is 11.3 Å². The quantitative estimate of drug-likeness (QED) is 0.667. The van der Waals surface area contributed by atoms with Crippen LogP contribution >= 0.6 is 7.14 Å². The molecule has 0 spiro atoms. The van der Waals surface area contributed by atoms with Gasteiger partial charge in [-0.05, 0) is 37.9 Å². The number of nitrogens with zero attached hydrogens (tertiary/aromatic N) is 2. The average Bonchev–Trinajstić information content (AvgIpc) is 2.58. The smallest absolute Gasteiger partial charge is 0.111 e. The minimum absolute atomic E-state index is 0.590. The van der Waals surface area contributed by atoms with Gasteiger partial charge in [-0.2, -0.15) is 5.10 Å².